The lowest BCUT2D eigenvalue weighted by atomic mass is 10.1. The van der Waals surface area contributed by atoms with Crippen molar-refractivity contribution in [2.75, 3.05) is 25.4 Å². The van der Waals surface area contributed by atoms with Crippen molar-refractivity contribution in [3.8, 4) is 11.6 Å². The zero-order valence-corrected chi connectivity index (χ0v) is 18.5. The number of nitrogens with zero attached hydrogens (tertiary/aromatic N) is 6. The average Bonchev–Trinajstić information content (AvgIpc) is 3.44. The summed E-state index contributed by atoms with van der Waals surface area (Å²) in [5.41, 5.74) is 9.94. The summed E-state index contributed by atoms with van der Waals surface area (Å²) in [4.78, 5) is 14.2. The van der Waals surface area contributed by atoms with Gasteiger partial charge < -0.3 is 15.4 Å². The van der Waals surface area contributed by atoms with E-state index < -0.39 is 5.91 Å². The summed E-state index contributed by atoms with van der Waals surface area (Å²) in [5, 5.41) is 19.6. The molecule has 3 aromatic rings. The number of hydrogen-bond acceptors (Lipinski definition) is 9. The molecule has 1 amide bonds. The Hall–Kier alpha value is -3.80. The van der Waals surface area contributed by atoms with E-state index >= 15 is 0 Å². The quantitative estimate of drug-likeness (QED) is 0.310. The van der Waals surface area contributed by atoms with Crippen molar-refractivity contribution in [3.05, 3.63) is 41.2 Å². The molecule has 0 atom stereocenters. The van der Waals surface area contributed by atoms with Gasteiger partial charge >= 0.3 is 0 Å². The first-order valence-corrected chi connectivity index (χ1v) is 11.1. The number of ether oxygens (including phenoxy) is 1. The predicted octanol–water partition coefficient (Wildman–Crippen LogP) is 0.354. The number of carbonyl (C=O) groups excluding carboxylic acids is 1. The Morgan fingerprint density at radius 3 is 2.76 bits per heavy atom. The fourth-order valence-electron chi connectivity index (χ4n) is 3.70. The van der Waals surface area contributed by atoms with Crippen LogP contribution in [-0.4, -0.2) is 57.1 Å². The number of hydrazone groups is 1. The van der Waals surface area contributed by atoms with Gasteiger partial charge in [-0.3, -0.25) is 4.79 Å². The van der Waals surface area contributed by atoms with Crippen molar-refractivity contribution in [3.63, 3.8) is 0 Å². The van der Waals surface area contributed by atoms with Crippen molar-refractivity contribution >= 4 is 17.9 Å². The van der Waals surface area contributed by atoms with Crippen LogP contribution in [0.3, 0.4) is 0 Å². The number of nitrogens with two attached hydrogens (primary N) is 1. The minimum absolute atomic E-state index is 0.0751. The number of quaternary nitrogens is 1. The first kappa shape index (κ1) is 22.4. The van der Waals surface area contributed by atoms with Crippen LogP contribution in [0.5, 0.6) is 5.75 Å². The number of rotatable bonds is 9. The van der Waals surface area contributed by atoms with Crippen LogP contribution in [0, 0.1) is 0 Å². The SMILES string of the molecule is CCCOc1ccc(/C=N\NC(=O)c2nnn(-c3nonc3N)c2C[NH+]2CCCCC2)cc1. The fourth-order valence-corrected chi connectivity index (χ4v) is 3.70. The molecule has 1 aliphatic rings. The van der Waals surface area contributed by atoms with Crippen LogP contribution in [0.25, 0.3) is 5.82 Å². The second-order valence-corrected chi connectivity index (χ2v) is 7.87. The third kappa shape index (κ3) is 5.52. The Morgan fingerprint density at radius 1 is 1.27 bits per heavy atom. The van der Waals surface area contributed by atoms with Crippen LogP contribution >= 0.6 is 0 Å². The first-order chi connectivity index (χ1) is 16.2. The highest BCUT2D eigenvalue weighted by molar-refractivity contribution is 5.94. The summed E-state index contributed by atoms with van der Waals surface area (Å²) in [7, 11) is 0. The van der Waals surface area contributed by atoms with Crippen LogP contribution in [0.1, 0.15) is 54.4 Å². The summed E-state index contributed by atoms with van der Waals surface area (Å²) in [6.07, 6.45) is 5.99. The number of aromatic nitrogens is 5. The van der Waals surface area contributed by atoms with Gasteiger partial charge in [0.1, 0.15) is 18.0 Å². The van der Waals surface area contributed by atoms with Crippen molar-refractivity contribution in [1.29, 1.82) is 0 Å². The molecule has 1 aliphatic heterocycles. The van der Waals surface area contributed by atoms with Gasteiger partial charge in [-0.1, -0.05) is 12.1 Å². The maximum absolute atomic E-state index is 12.9. The molecule has 1 saturated heterocycles. The Bertz CT molecular complexity index is 1080. The third-order valence-corrected chi connectivity index (χ3v) is 5.39. The van der Waals surface area contributed by atoms with Gasteiger partial charge in [0, 0.05) is 0 Å². The molecule has 12 heteroatoms. The molecule has 0 saturated carbocycles. The highest BCUT2D eigenvalue weighted by Crippen LogP contribution is 2.16. The molecular formula is C21H28N9O3+. The van der Waals surface area contributed by atoms with Gasteiger partial charge in [-0.2, -0.15) is 9.78 Å². The first-order valence-electron chi connectivity index (χ1n) is 11.1. The average molecular weight is 455 g/mol. The van der Waals surface area contributed by atoms with Crippen LogP contribution in [0.4, 0.5) is 5.82 Å². The van der Waals surface area contributed by atoms with Gasteiger partial charge in [0.15, 0.2) is 5.69 Å². The van der Waals surface area contributed by atoms with Gasteiger partial charge in [-0.15, -0.1) is 5.10 Å². The Labute approximate surface area is 190 Å². The number of nitrogen functional groups attached to an aromatic ring is 1. The molecule has 1 aromatic carbocycles. The van der Waals surface area contributed by atoms with E-state index in [1.54, 1.807) is 6.21 Å². The number of amides is 1. The molecule has 4 N–H and O–H groups in total. The Balaban J connectivity index is 1.48. The van der Waals surface area contributed by atoms with E-state index in [9.17, 15) is 4.79 Å². The van der Waals surface area contributed by atoms with E-state index in [4.69, 9.17) is 15.1 Å². The number of hydrogen-bond donors (Lipinski definition) is 3. The zero-order valence-electron chi connectivity index (χ0n) is 18.5. The molecule has 4 rings (SSSR count). The van der Waals surface area contributed by atoms with E-state index in [-0.39, 0.29) is 17.3 Å². The lowest BCUT2D eigenvalue weighted by molar-refractivity contribution is -0.918. The number of carbonyl (C=O) groups is 1. The highest BCUT2D eigenvalue weighted by atomic mass is 16.6. The Morgan fingerprint density at radius 2 is 2.06 bits per heavy atom. The monoisotopic (exact) mass is 454 g/mol. The molecule has 33 heavy (non-hydrogen) atoms. The summed E-state index contributed by atoms with van der Waals surface area (Å²) >= 11 is 0. The summed E-state index contributed by atoms with van der Waals surface area (Å²) in [5.74, 6) is 0.607. The van der Waals surface area contributed by atoms with Crippen LogP contribution in [0.2, 0.25) is 0 Å². The summed E-state index contributed by atoms with van der Waals surface area (Å²) in [6, 6.07) is 7.45. The van der Waals surface area contributed by atoms with E-state index in [0.29, 0.717) is 18.8 Å². The molecule has 0 unspecified atom stereocenters. The summed E-state index contributed by atoms with van der Waals surface area (Å²) in [6.45, 7) is 5.29. The highest BCUT2D eigenvalue weighted by Gasteiger charge is 2.27. The number of piperidine rings is 1. The van der Waals surface area contributed by atoms with Crippen molar-refractivity contribution < 1.29 is 19.1 Å². The molecule has 0 aliphatic carbocycles. The maximum Gasteiger partial charge on any atom is 0.294 e. The number of anilines is 1. The van der Waals surface area contributed by atoms with Gasteiger partial charge in [0.25, 0.3) is 5.91 Å². The molecule has 2 aromatic heterocycles. The minimum atomic E-state index is -0.471. The molecule has 3 heterocycles. The number of nitrogens with one attached hydrogen (secondary N) is 2. The van der Waals surface area contributed by atoms with Gasteiger partial charge in [-0.25, -0.2) is 10.1 Å². The molecule has 0 radical (unpaired) electrons. The minimum Gasteiger partial charge on any atom is -0.494 e. The fraction of sp³-hybridized carbons (Fsp3) is 0.429. The van der Waals surface area contributed by atoms with Crippen LogP contribution in [-0.2, 0) is 6.54 Å². The van der Waals surface area contributed by atoms with E-state index in [1.807, 2.05) is 24.3 Å². The van der Waals surface area contributed by atoms with Crippen LogP contribution in [0.15, 0.2) is 34.0 Å². The van der Waals surface area contributed by atoms with E-state index in [1.165, 1.54) is 16.0 Å². The molecule has 0 spiro atoms. The topological polar surface area (TPSA) is 151 Å². The normalized spacial score (nSPS) is 14.6. The molecular weight excluding hydrogens is 426 g/mol. The summed E-state index contributed by atoms with van der Waals surface area (Å²) < 4.78 is 11.7. The van der Waals surface area contributed by atoms with E-state index in [0.717, 1.165) is 43.7 Å². The molecule has 1 fully saturated rings. The van der Waals surface area contributed by atoms with Gasteiger partial charge in [0.05, 0.1) is 25.9 Å². The second-order valence-electron chi connectivity index (χ2n) is 7.87. The van der Waals surface area contributed by atoms with Crippen molar-refractivity contribution in [2.45, 2.75) is 39.2 Å². The van der Waals surface area contributed by atoms with E-state index in [2.05, 4.69) is 38.1 Å². The second kappa shape index (κ2) is 10.7. The Kier molecular flexibility index (Phi) is 7.25. The zero-order chi connectivity index (χ0) is 23.0. The lowest BCUT2D eigenvalue weighted by Gasteiger charge is -2.23. The predicted molar refractivity (Wildman–Crippen MR) is 119 cm³/mol. The number of benzene rings is 1. The lowest BCUT2D eigenvalue weighted by Crippen LogP contribution is -3.11. The largest absolute Gasteiger partial charge is 0.494 e. The maximum atomic E-state index is 12.9. The third-order valence-electron chi connectivity index (χ3n) is 5.39. The van der Waals surface area contributed by atoms with Crippen LogP contribution < -0.4 is 20.8 Å². The molecule has 174 valence electrons. The molecule has 12 nitrogen and oxygen atoms in total. The number of likely N-dealkylation sites (tertiary alicyclic amines) is 1. The van der Waals surface area contributed by atoms with Gasteiger partial charge in [-0.05, 0) is 65.8 Å². The van der Waals surface area contributed by atoms with Crippen molar-refractivity contribution in [2.24, 2.45) is 5.10 Å². The molecule has 0 bridgehead atoms. The standard InChI is InChI=1S/C21H27N9O3/c1-2-12-32-16-8-6-15(7-9-16)13-23-25-21(31)18-17(14-29-10-4-3-5-11-29)30(28-24-18)20-19(22)26-33-27-20/h6-9,13H,2-5,10-12,14H2,1H3,(H2,22,26)(H,25,31)/p+1/b23-13-. The van der Waals surface area contributed by atoms with Crippen molar-refractivity contribution in [1.82, 2.24) is 30.7 Å². The smallest absolute Gasteiger partial charge is 0.294 e. The van der Waals surface area contributed by atoms with Gasteiger partial charge in [0.2, 0.25) is 11.6 Å².